The van der Waals surface area contributed by atoms with E-state index in [-0.39, 0.29) is 6.04 Å². The Hall–Kier alpha value is -2.93. The molecular formula is C18H18N4. The SMILES string of the molecule is Cc1ccc(C(C)n2cncn2)cc1.N#Cc1ccccc1. The summed E-state index contributed by atoms with van der Waals surface area (Å²) in [7, 11) is 0. The zero-order valence-corrected chi connectivity index (χ0v) is 12.7. The van der Waals surface area contributed by atoms with E-state index in [0.29, 0.717) is 5.56 Å². The smallest absolute Gasteiger partial charge is 0.137 e. The van der Waals surface area contributed by atoms with Crippen LogP contribution in [0.15, 0.2) is 67.3 Å². The lowest BCUT2D eigenvalue weighted by Gasteiger charge is -2.11. The van der Waals surface area contributed by atoms with Gasteiger partial charge in [0.15, 0.2) is 0 Å². The molecule has 0 fully saturated rings. The van der Waals surface area contributed by atoms with Gasteiger partial charge < -0.3 is 0 Å². The van der Waals surface area contributed by atoms with E-state index in [4.69, 9.17) is 5.26 Å². The van der Waals surface area contributed by atoms with Crippen molar-refractivity contribution in [3.05, 3.63) is 83.9 Å². The molecule has 1 unspecified atom stereocenters. The van der Waals surface area contributed by atoms with Crippen LogP contribution in [-0.4, -0.2) is 14.8 Å². The van der Waals surface area contributed by atoms with E-state index in [1.807, 2.05) is 29.0 Å². The van der Waals surface area contributed by atoms with E-state index < -0.39 is 0 Å². The number of nitriles is 1. The third-order valence-electron chi connectivity index (χ3n) is 3.30. The van der Waals surface area contributed by atoms with Crippen LogP contribution in [0.5, 0.6) is 0 Å². The van der Waals surface area contributed by atoms with Crippen molar-refractivity contribution in [3.8, 4) is 6.07 Å². The molecule has 0 amide bonds. The van der Waals surface area contributed by atoms with Crippen molar-refractivity contribution < 1.29 is 0 Å². The number of hydrogen-bond donors (Lipinski definition) is 0. The van der Waals surface area contributed by atoms with Crippen LogP contribution >= 0.6 is 0 Å². The van der Waals surface area contributed by atoms with Crippen LogP contribution < -0.4 is 0 Å². The monoisotopic (exact) mass is 290 g/mol. The Morgan fingerprint density at radius 3 is 2.23 bits per heavy atom. The van der Waals surface area contributed by atoms with Crippen molar-refractivity contribution in [1.82, 2.24) is 14.8 Å². The summed E-state index contributed by atoms with van der Waals surface area (Å²) in [5.41, 5.74) is 3.24. The predicted octanol–water partition coefficient (Wildman–Crippen LogP) is 3.75. The predicted molar refractivity (Wildman–Crippen MR) is 86.2 cm³/mol. The van der Waals surface area contributed by atoms with Crippen molar-refractivity contribution in [2.45, 2.75) is 19.9 Å². The first-order valence-electron chi connectivity index (χ1n) is 7.06. The van der Waals surface area contributed by atoms with Crippen LogP contribution in [0.25, 0.3) is 0 Å². The van der Waals surface area contributed by atoms with E-state index in [2.05, 4.69) is 48.2 Å². The molecule has 22 heavy (non-hydrogen) atoms. The van der Waals surface area contributed by atoms with Crippen molar-refractivity contribution >= 4 is 0 Å². The fraction of sp³-hybridized carbons (Fsp3) is 0.167. The van der Waals surface area contributed by atoms with Gasteiger partial charge in [-0.15, -0.1) is 0 Å². The molecule has 3 rings (SSSR count). The normalized spacial score (nSPS) is 11.0. The molecule has 0 aliphatic rings. The molecule has 2 aromatic carbocycles. The minimum Gasteiger partial charge on any atom is -0.246 e. The van der Waals surface area contributed by atoms with Gasteiger partial charge in [-0.3, -0.25) is 0 Å². The molecule has 4 heteroatoms. The lowest BCUT2D eigenvalue weighted by Crippen LogP contribution is -2.06. The summed E-state index contributed by atoms with van der Waals surface area (Å²) in [6, 6.07) is 19.9. The van der Waals surface area contributed by atoms with Crippen molar-refractivity contribution in [2.75, 3.05) is 0 Å². The van der Waals surface area contributed by atoms with Crippen molar-refractivity contribution in [1.29, 1.82) is 5.26 Å². The second-order valence-corrected chi connectivity index (χ2v) is 4.94. The van der Waals surface area contributed by atoms with Crippen LogP contribution in [0.3, 0.4) is 0 Å². The van der Waals surface area contributed by atoms with E-state index >= 15 is 0 Å². The largest absolute Gasteiger partial charge is 0.246 e. The number of hydrogen-bond acceptors (Lipinski definition) is 3. The molecule has 0 bridgehead atoms. The fourth-order valence-corrected chi connectivity index (χ4v) is 1.93. The molecule has 0 N–H and O–H groups in total. The van der Waals surface area contributed by atoms with Gasteiger partial charge in [0, 0.05) is 0 Å². The van der Waals surface area contributed by atoms with Gasteiger partial charge in [-0.2, -0.15) is 10.4 Å². The van der Waals surface area contributed by atoms with E-state index in [9.17, 15) is 0 Å². The minimum absolute atomic E-state index is 0.248. The zero-order valence-electron chi connectivity index (χ0n) is 12.7. The molecular weight excluding hydrogens is 272 g/mol. The third kappa shape index (κ3) is 4.29. The highest BCUT2D eigenvalue weighted by atomic mass is 15.3. The second-order valence-electron chi connectivity index (χ2n) is 4.94. The first-order chi connectivity index (χ1) is 10.7. The quantitative estimate of drug-likeness (QED) is 0.722. The molecule has 110 valence electrons. The summed E-state index contributed by atoms with van der Waals surface area (Å²) in [6.07, 6.45) is 3.30. The maximum Gasteiger partial charge on any atom is 0.137 e. The molecule has 0 saturated carbocycles. The standard InChI is InChI=1S/C11H13N3.C7H5N/c1-9-3-5-11(6-4-9)10(2)14-8-12-7-13-14;8-6-7-4-2-1-3-5-7/h3-8,10H,1-2H3;1-5H. The Labute approximate surface area is 130 Å². The Morgan fingerprint density at radius 1 is 1.05 bits per heavy atom. The molecule has 0 aliphatic heterocycles. The Bertz CT molecular complexity index is 710. The summed E-state index contributed by atoms with van der Waals surface area (Å²) in [5.74, 6) is 0. The van der Waals surface area contributed by atoms with Crippen LogP contribution in [0, 0.1) is 18.3 Å². The van der Waals surface area contributed by atoms with Crippen LogP contribution in [0.1, 0.15) is 29.7 Å². The molecule has 0 aliphatic carbocycles. The van der Waals surface area contributed by atoms with Gasteiger partial charge in [0.05, 0.1) is 17.7 Å². The highest BCUT2D eigenvalue weighted by Crippen LogP contribution is 2.16. The molecule has 1 aromatic heterocycles. The molecule has 0 radical (unpaired) electrons. The Kier molecular flexibility index (Phi) is 5.44. The molecule has 0 spiro atoms. The number of rotatable bonds is 2. The van der Waals surface area contributed by atoms with E-state index in [0.717, 1.165) is 0 Å². The summed E-state index contributed by atoms with van der Waals surface area (Å²) >= 11 is 0. The fourth-order valence-electron chi connectivity index (χ4n) is 1.93. The number of benzene rings is 2. The molecule has 0 saturated heterocycles. The average Bonchev–Trinajstić information content (AvgIpc) is 3.11. The lowest BCUT2D eigenvalue weighted by molar-refractivity contribution is 0.563. The maximum absolute atomic E-state index is 8.29. The molecule has 4 nitrogen and oxygen atoms in total. The van der Waals surface area contributed by atoms with Gasteiger partial charge in [-0.05, 0) is 31.5 Å². The minimum atomic E-state index is 0.248. The first-order valence-corrected chi connectivity index (χ1v) is 7.06. The highest BCUT2D eigenvalue weighted by molar-refractivity contribution is 5.27. The summed E-state index contributed by atoms with van der Waals surface area (Å²) in [5, 5.41) is 12.4. The van der Waals surface area contributed by atoms with Crippen molar-refractivity contribution in [3.63, 3.8) is 0 Å². The van der Waals surface area contributed by atoms with Gasteiger partial charge >= 0.3 is 0 Å². The van der Waals surface area contributed by atoms with Gasteiger partial charge in [0.2, 0.25) is 0 Å². The maximum atomic E-state index is 8.29. The van der Waals surface area contributed by atoms with Crippen LogP contribution in [-0.2, 0) is 0 Å². The van der Waals surface area contributed by atoms with E-state index in [1.54, 1.807) is 24.8 Å². The Morgan fingerprint density at radius 2 is 1.73 bits per heavy atom. The van der Waals surface area contributed by atoms with Gasteiger partial charge in [0.1, 0.15) is 12.7 Å². The number of aromatic nitrogens is 3. The summed E-state index contributed by atoms with van der Waals surface area (Å²) < 4.78 is 1.85. The zero-order chi connectivity index (χ0) is 15.8. The first kappa shape index (κ1) is 15.5. The van der Waals surface area contributed by atoms with Gasteiger partial charge in [-0.25, -0.2) is 9.67 Å². The topological polar surface area (TPSA) is 54.5 Å². The van der Waals surface area contributed by atoms with Gasteiger partial charge in [-0.1, -0.05) is 48.0 Å². The van der Waals surface area contributed by atoms with E-state index in [1.165, 1.54) is 11.1 Å². The highest BCUT2D eigenvalue weighted by Gasteiger charge is 2.06. The van der Waals surface area contributed by atoms with Crippen molar-refractivity contribution in [2.24, 2.45) is 0 Å². The van der Waals surface area contributed by atoms with Crippen LogP contribution in [0.4, 0.5) is 0 Å². The molecule has 1 atom stereocenters. The Balaban J connectivity index is 0.000000188. The average molecular weight is 290 g/mol. The second kappa shape index (κ2) is 7.75. The van der Waals surface area contributed by atoms with Gasteiger partial charge in [0.25, 0.3) is 0 Å². The lowest BCUT2D eigenvalue weighted by atomic mass is 10.1. The third-order valence-corrected chi connectivity index (χ3v) is 3.30. The number of nitrogens with zero attached hydrogens (tertiary/aromatic N) is 4. The molecule has 3 aromatic rings. The van der Waals surface area contributed by atoms with Crippen LogP contribution in [0.2, 0.25) is 0 Å². The number of aryl methyl sites for hydroxylation is 1. The summed E-state index contributed by atoms with van der Waals surface area (Å²) in [6.45, 7) is 4.20. The molecule has 1 heterocycles. The summed E-state index contributed by atoms with van der Waals surface area (Å²) in [4.78, 5) is 3.94.